The number of unbranched alkanes of at least 4 members (excludes halogenated alkanes) is 1. The van der Waals surface area contributed by atoms with Crippen LogP contribution in [-0.2, 0) is 19.1 Å². The summed E-state index contributed by atoms with van der Waals surface area (Å²) < 4.78 is 12.4. The highest BCUT2D eigenvalue weighted by atomic mass is 16.5. The molecular weight excluding hydrogens is 556 g/mol. The molecule has 3 amide bonds. The van der Waals surface area contributed by atoms with E-state index in [1.165, 1.54) is 6.42 Å². The van der Waals surface area contributed by atoms with Crippen LogP contribution in [0.2, 0.25) is 0 Å². The Morgan fingerprint density at radius 1 is 1.00 bits per heavy atom. The van der Waals surface area contributed by atoms with Gasteiger partial charge in [0, 0.05) is 24.8 Å². The van der Waals surface area contributed by atoms with Crippen LogP contribution >= 0.6 is 0 Å². The molecule has 1 saturated carbocycles. The highest BCUT2D eigenvalue weighted by molar-refractivity contribution is 6.02. The van der Waals surface area contributed by atoms with E-state index >= 15 is 0 Å². The zero-order chi connectivity index (χ0) is 30.7. The summed E-state index contributed by atoms with van der Waals surface area (Å²) in [5.74, 6) is -0.771. The van der Waals surface area contributed by atoms with E-state index in [1.807, 2.05) is 49.5 Å². The molecule has 3 heterocycles. The van der Waals surface area contributed by atoms with Gasteiger partial charge in [0.05, 0.1) is 17.9 Å². The topological polar surface area (TPSA) is 100 Å². The SMILES string of the molecule is CCCCN(C)CCN1C(=O)[C@H]2[C@H](C(=O)Nc3ccc(Oc4ccccc4)cc3)[C@H]3C=C[C@@]2(O3)[C@H]1C(=O)NC1CCCCC1. The molecule has 3 aliphatic heterocycles. The van der Waals surface area contributed by atoms with Gasteiger partial charge >= 0.3 is 0 Å². The van der Waals surface area contributed by atoms with E-state index in [4.69, 9.17) is 9.47 Å². The Bertz CT molecular complexity index is 1360. The van der Waals surface area contributed by atoms with E-state index in [0.717, 1.165) is 50.8 Å². The molecule has 0 aromatic heterocycles. The lowest BCUT2D eigenvalue weighted by molar-refractivity contribution is -0.141. The summed E-state index contributed by atoms with van der Waals surface area (Å²) in [6.07, 6.45) is 10.6. The van der Waals surface area contributed by atoms with Crippen molar-refractivity contribution in [2.24, 2.45) is 11.8 Å². The Morgan fingerprint density at radius 2 is 1.73 bits per heavy atom. The number of nitrogens with zero attached hydrogens (tertiary/aromatic N) is 2. The first-order valence-electron chi connectivity index (χ1n) is 16.2. The largest absolute Gasteiger partial charge is 0.457 e. The van der Waals surface area contributed by atoms with Gasteiger partial charge < -0.3 is 29.9 Å². The fourth-order valence-electron chi connectivity index (χ4n) is 7.31. The summed E-state index contributed by atoms with van der Waals surface area (Å²) in [6.45, 7) is 4.12. The maximum absolute atomic E-state index is 14.2. The molecule has 9 heteroatoms. The standard InChI is InChI=1S/C35H44N4O5/c1-3-4-21-38(2)22-23-39-31(33(41)37-24-11-7-5-8-12-24)35-20-19-28(44-35)29(30(35)34(39)42)32(40)36-25-15-17-27(18-16-25)43-26-13-9-6-10-14-26/h6,9-10,13-20,24,28-31H,3-5,7-8,11-12,21-23H2,1-2H3,(H,36,40)(H,37,41)/t28-,29-,30-,31-,35+/m1/s1. The quantitative estimate of drug-likeness (QED) is 0.341. The van der Waals surface area contributed by atoms with Gasteiger partial charge in [-0.05, 0) is 69.3 Å². The van der Waals surface area contributed by atoms with Crippen LogP contribution in [0.5, 0.6) is 11.5 Å². The monoisotopic (exact) mass is 600 g/mol. The molecule has 2 N–H and O–H groups in total. The van der Waals surface area contributed by atoms with Gasteiger partial charge in [0.25, 0.3) is 0 Å². The minimum atomic E-state index is -1.15. The van der Waals surface area contributed by atoms with Crippen molar-refractivity contribution in [2.45, 2.75) is 75.7 Å². The minimum absolute atomic E-state index is 0.103. The van der Waals surface area contributed by atoms with Gasteiger partial charge in [-0.1, -0.05) is 63.0 Å². The zero-order valence-corrected chi connectivity index (χ0v) is 25.7. The number of rotatable bonds is 12. The van der Waals surface area contributed by atoms with Crippen molar-refractivity contribution < 1.29 is 23.9 Å². The van der Waals surface area contributed by atoms with E-state index in [2.05, 4.69) is 22.5 Å². The van der Waals surface area contributed by atoms with Gasteiger partial charge in [0.2, 0.25) is 17.7 Å². The van der Waals surface area contributed by atoms with Gasteiger partial charge in [0.15, 0.2) is 0 Å². The maximum Gasteiger partial charge on any atom is 0.246 e. The lowest BCUT2D eigenvalue weighted by Gasteiger charge is -2.34. The van der Waals surface area contributed by atoms with E-state index in [9.17, 15) is 14.4 Å². The Balaban J connectivity index is 1.20. The van der Waals surface area contributed by atoms with Crippen LogP contribution in [0.1, 0.15) is 51.9 Å². The van der Waals surface area contributed by atoms with E-state index in [-0.39, 0.29) is 23.8 Å². The number of likely N-dealkylation sites (N-methyl/N-ethyl adjacent to an activating group) is 1. The number of fused-ring (bicyclic) bond motifs is 1. The number of hydrogen-bond donors (Lipinski definition) is 2. The highest BCUT2D eigenvalue weighted by Crippen LogP contribution is 2.55. The molecular formula is C35H44N4O5. The lowest BCUT2D eigenvalue weighted by atomic mass is 9.74. The fourth-order valence-corrected chi connectivity index (χ4v) is 7.31. The molecule has 6 rings (SSSR count). The van der Waals surface area contributed by atoms with Crippen molar-refractivity contribution in [3.05, 3.63) is 66.7 Å². The number of nitrogens with one attached hydrogen (secondary N) is 2. The van der Waals surface area contributed by atoms with Crippen LogP contribution in [0.25, 0.3) is 0 Å². The molecule has 1 spiro atoms. The number of carbonyl (C=O) groups excluding carboxylic acids is 3. The Labute approximate surface area is 260 Å². The lowest BCUT2D eigenvalue weighted by Crippen LogP contribution is -2.57. The summed E-state index contributed by atoms with van der Waals surface area (Å²) in [7, 11) is 2.04. The first-order chi connectivity index (χ1) is 21.4. The van der Waals surface area contributed by atoms with Crippen LogP contribution in [0.3, 0.4) is 0 Å². The van der Waals surface area contributed by atoms with Crippen molar-refractivity contribution in [3.63, 3.8) is 0 Å². The van der Waals surface area contributed by atoms with Crippen molar-refractivity contribution in [3.8, 4) is 11.5 Å². The Hall–Kier alpha value is -3.69. The third kappa shape index (κ3) is 6.00. The van der Waals surface area contributed by atoms with Crippen molar-refractivity contribution in [1.29, 1.82) is 0 Å². The van der Waals surface area contributed by atoms with Crippen LogP contribution in [0.15, 0.2) is 66.7 Å². The average molecular weight is 601 g/mol. The second-order valence-corrected chi connectivity index (χ2v) is 12.7. The van der Waals surface area contributed by atoms with E-state index < -0.39 is 29.6 Å². The third-order valence-electron chi connectivity index (χ3n) is 9.59. The number of likely N-dealkylation sites (tertiary alicyclic amines) is 1. The number of carbonyl (C=O) groups is 3. The summed E-state index contributed by atoms with van der Waals surface area (Å²) in [5, 5.41) is 6.26. The molecule has 2 aromatic rings. The molecule has 2 saturated heterocycles. The van der Waals surface area contributed by atoms with Crippen molar-refractivity contribution in [2.75, 3.05) is 32.0 Å². The molecule has 2 bridgehead atoms. The molecule has 0 radical (unpaired) electrons. The van der Waals surface area contributed by atoms with Gasteiger partial charge in [-0.25, -0.2) is 0 Å². The zero-order valence-electron chi connectivity index (χ0n) is 25.7. The van der Waals surface area contributed by atoms with Crippen molar-refractivity contribution >= 4 is 23.4 Å². The molecule has 5 atom stereocenters. The molecule has 4 aliphatic rings. The summed E-state index contributed by atoms with van der Waals surface area (Å²) in [4.78, 5) is 45.9. The molecule has 44 heavy (non-hydrogen) atoms. The number of hydrogen-bond acceptors (Lipinski definition) is 6. The molecule has 1 aliphatic carbocycles. The van der Waals surface area contributed by atoms with Crippen LogP contribution in [0.4, 0.5) is 5.69 Å². The number of amides is 3. The van der Waals surface area contributed by atoms with Crippen LogP contribution in [0, 0.1) is 11.8 Å². The summed E-state index contributed by atoms with van der Waals surface area (Å²) in [5.41, 5.74) is -0.555. The predicted octanol–water partition coefficient (Wildman–Crippen LogP) is 4.75. The minimum Gasteiger partial charge on any atom is -0.457 e. The molecule has 0 unspecified atom stereocenters. The van der Waals surface area contributed by atoms with Gasteiger partial charge in [-0.3, -0.25) is 14.4 Å². The normalized spacial score (nSPS) is 27.5. The van der Waals surface area contributed by atoms with E-state index in [0.29, 0.717) is 24.5 Å². The van der Waals surface area contributed by atoms with Gasteiger partial charge in [0.1, 0.15) is 23.1 Å². The molecule has 234 valence electrons. The Morgan fingerprint density at radius 3 is 2.45 bits per heavy atom. The fraction of sp³-hybridized carbons (Fsp3) is 0.514. The number of benzene rings is 2. The van der Waals surface area contributed by atoms with Crippen LogP contribution in [-0.4, -0.2) is 78.0 Å². The highest BCUT2D eigenvalue weighted by Gasteiger charge is 2.72. The maximum atomic E-state index is 14.2. The number of anilines is 1. The van der Waals surface area contributed by atoms with Gasteiger partial charge in [-0.15, -0.1) is 0 Å². The van der Waals surface area contributed by atoms with E-state index in [1.54, 1.807) is 29.2 Å². The summed E-state index contributed by atoms with van der Waals surface area (Å²) in [6, 6.07) is 15.9. The van der Waals surface area contributed by atoms with Crippen molar-refractivity contribution in [1.82, 2.24) is 15.1 Å². The predicted molar refractivity (Wildman–Crippen MR) is 168 cm³/mol. The van der Waals surface area contributed by atoms with Crippen LogP contribution < -0.4 is 15.4 Å². The molecule has 9 nitrogen and oxygen atoms in total. The first-order valence-corrected chi connectivity index (χ1v) is 16.2. The Kier molecular flexibility index (Phi) is 9.05. The molecule has 2 aromatic carbocycles. The van der Waals surface area contributed by atoms with Gasteiger partial charge in [-0.2, -0.15) is 0 Å². The third-order valence-corrected chi connectivity index (χ3v) is 9.59. The average Bonchev–Trinajstić information content (AvgIpc) is 3.68. The summed E-state index contributed by atoms with van der Waals surface area (Å²) >= 11 is 0. The smallest absolute Gasteiger partial charge is 0.246 e. The second-order valence-electron chi connectivity index (χ2n) is 12.7. The second kappa shape index (κ2) is 13.1. The molecule has 3 fully saturated rings. The number of ether oxygens (including phenoxy) is 2. The first kappa shape index (κ1) is 30.3. The number of para-hydroxylation sites is 1.